The van der Waals surface area contributed by atoms with E-state index in [1.165, 1.54) is 0 Å². The Kier molecular flexibility index (Phi) is 6.80. The molecule has 148 valence electrons. The van der Waals surface area contributed by atoms with Gasteiger partial charge in [0.1, 0.15) is 0 Å². The third kappa shape index (κ3) is 6.32. The Morgan fingerprint density at radius 1 is 1.00 bits per heavy atom. The molecular weight excluding hydrogens is 382 g/mol. The first-order valence-corrected chi connectivity index (χ1v) is 9.57. The van der Waals surface area contributed by atoms with Crippen molar-refractivity contribution in [3.63, 3.8) is 0 Å². The van der Waals surface area contributed by atoms with Crippen LogP contribution < -0.4 is 16.0 Å². The summed E-state index contributed by atoms with van der Waals surface area (Å²) in [6.45, 7) is 6.29. The maximum absolute atomic E-state index is 5.47. The summed E-state index contributed by atoms with van der Waals surface area (Å²) in [5, 5.41) is 9.85. The van der Waals surface area contributed by atoms with Crippen LogP contribution in [-0.4, -0.2) is 26.0 Å². The van der Waals surface area contributed by atoms with Crippen molar-refractivity contribution in [2.75, 3.05) is 10.6 Å². The Hall–Kier alpha value is -3.39. The molecule has 0 aliphatic heterocycles. The van der Waals surface area contributed by atoms with Gasteiger partial charge < -0.3 is 10.6 Å². The van der Waals surface area contributed by atoms with Gasteiger partial charge in [0.2, 0.25) is 11.9 Å². The van der Waals surface area contributed by atoms with E-state index in [1.54, 1.807) is 12.4 Å². The normalized spacial score (nSPS) is 11.1. The second-order valence-electron chi connectivity index (χ2n) is 6.52. The monoisotopic (exact) mass is 405 g/mol. The molecule has 1 aromatic carbocycles. The maximum Gasteiger partial charge on any atom is 0.229 e. The summed E-state index contributed by atoms with van der Waals surface area (Å²) < 4.78 is 0. The number of hydrogen-bond acceptors (Lipinski definition) is 5. The quantitative estimate of drug-likeness (QED) is 0.346. The highest BCUT2D eigenvalue weighted by Crippen LogP contribution is 2.13. The minimum absolute atomic E-state index is 0.418. The number of guanidine groups is 1. The van der Waals surface area contributed by atoms with E-state index >= 15 is 0 Å². The molecule has 0 bridgehead atoms. The van der Waals surface area contributed by atoms with Crippen molar-refractivity contribution in [1.82, 2.24) is 20.3 Å². The van der Waals surface area contributed by atoms with E-state index < -0.39 is 0 Å². The van der Waals surface area contributed by atoms with Crippen molar-refractivity contribution >= 4 is 34.9 Å². The first-order chi connectivity index (χ1) is 14.0. The minimum Gasteiger partial charge on any atom is -0.332 e. The van der Waals surface area contributed by atoms with Gasteiger partial charge in [0.25, 0.3) is 0 Å². The molecule has 0 radical (unpaired) electrons. The number of aliphatic imine (C=N–C) groups is 1. The van der Waals surface area contributed by atoms with Crippen molar-refractivity contribution < 1.29 is 0 Å². The molecule has 0 fully saturated rings. The Morgan fingerprint density at radius 2 is 1.76 bits per heavy atom. The second kappa shape index (κ2) is 9.70. The van der Waals surface area contributed by atoms with Gasteiger partial charge in [-0.15, -0.1) is 0 Å². The van der Waals surface area contributed by atoms with Crippen LogP contribution >= 0.6 is 12.2 Å². The molecule has 3 rings (SSSR count). The van der Waals surface area contributed by atoms with Crippen LogP contribution in [0, 0.1) is 20.8 Å². The topological polar surface area (TPSA) is 87.1 Å². The van der Waals surface area contributed by atoms with E-state index in [4.69, 9.17) is 12.2 Å². The molecule has 0 saturated carbocycles. The number of pyridine rings is 1. The SMILES string of the molecule is Cc1cc(C)nc(NC(=NCc2cccnc2)NC(=S)Nc2ccccc2C)n1. The van der Waals surface area contributed by atoms with Crippen LogP contribution in [0.5, 0.6) is 0 Å². The molecule has 0 atom stereocenters. The van der Waals surface area contributed by atoms with Gasteiger partial charge in [-0.2, -0.15) is 0 Å². The number of anilines is 2. The number of nitrogens with one attached hydrogen (secondary N) is 3. The van der Waals surface area contributed by atoms with Gasteiger partial charge in [-0.1, -0.05) is 24.3 Å². The summed E-state index contributed by atoms with van der Waals surface area (Å²) in [5.41, 5.74) is 4.74. The summed E-state index contributed by atoms with van der Waals surface area (Å²) in [5.74, 6) is 0.906. The lowest BCUT2D eigenvalue weighted by atomic mass is 10.2. The lowest BCUT2D eigenvalue weighted by Crippen LogP contribution is -2.39. The third-order valence-corrected chi connectivity index (χ3v) is 4.18. The second-order valence-corrected chi connectivity index (χ2v) is 6.93. The molecule has 0 amide bonds. The number of para-hydroxylation sites is 1. The average Bonchev–Trinajstić information content (AvgIpc) is 2.68. The van der Waals surface area contributed by atoms with E-state index in [0.29, 0.717) is 23.6 Å². The molecule has 29 heavy (non-hydrogen) atoms. The van der Waals surface area contributed by atoms with Crippen LogP contribution in [0.4, 0.5) is 11.6 Å². The fourth-order valence-corrected chi connectivity index (χ4v) is 2.84. The van der Waals surface area contributed by atoms with E-state index in [9.17, 15) is 0 Å². The summed E-state index contributed by atoms with van der Waals surface area (Å²) in [4.78, 5) is 17.6. The van der Waals surface area contributed by atoms with E-state index in [0.717, 1.165) is 28.2 Å². The number of aromatic nitrogens is 3. The number of thiocarbonyl (C=S) groups is 1. The van der Waals surface area contributed by atoms with Crippen molar-refractivity contribution in [2.45, 2.75) is 27.3 Å². The minimum atomic E-state index is 0.418. The molecule has 3 N–H and O–H groups in total. The lowest BCUT2D eigenvalue weighted by molar-refractivity contribution is 1.02. The van der Waals surface area contributed by atoms with E-state index in [-0.39, 0.29) is 0 Å². The zero-order chi connectivity index (χ0) is 20.6. The van der Waals surface area contributed by atoms with Gasteiger partial charge in [-0.25, -0.2) is 15.0 Å². The zero-order valence-electron chi connectivity index (χ0n) is 16.6. The van der Waals surface area contributed by atoms with Gasteiger partial charge in [-0.3, -0.25) is 10.3 Å². The van der Waals surface area contributed by atoms with Crippen molar-refractivity contribution in [1.29, 1.82) is 0 Å². The maximum atomic E-state index is 5.47. The molecule has 0 aliphatic rings. The molecule has 8 heteroatoms. The lowest BCUT2D eigenvalue weighted by Gasteiger charge is -2.15. The first-order valence-electron chi connectivity index (χ1n) is 9.16. The molecule has 2 aromatic heterocycles. The van der Waals surface area contributed by atoms with Crippen LogP contribution in [0.25, 0.3) is 0 Å². The van der Waals surface area contributed by atoms with Crippen LogP contribution in [0.15, 0.2) is 59.9 Å². The van der Waals surface area contributed by atoms with Crippen molar-refractivity contribution in [3.8, 4) is 0 Å². The number of hydrogen-bond donors (Lipinski definition) is 3. The van der Waals surface area contributed by atoms with Gasteiger partial charge in [0.05, 0.1) is 6.54 Å². The summed E-state index contributed by atoms with van der Waals surface area (Å²) in [6, 6.07) is 13.7. The smallest absolute Gasteiger partial charge is 0.229 e. The molecule has 0 saturated heterocycles. The molecule has 2 heterocycles. The van der Waals surface area contributed by atoms with E-state index in [2.05, 4.69) is 35.9 Å². The average molecular weight is 406 g/mol. The largest absolute Gasteiger partial charge is 0.332 e. The van der Waals surface area contributed by atoms with Crippen LogP contribution in [0.2, 0.25) is 0 Å². The van der Waals surface area contributed by atoms with Crippen LogP contribution in [0.3, 0.4) is 0 Å². The molecule has 3 aromatic rings. The number of nitrogens with zero attached hydrogens (tertiary/aromatic N) is 4. The molecule has 0 aliphatic carbocycles. The van der Waals surface area contributed by atoms with Gasteiger partial charge >= 0.3 is 0 Å². The summed E-state index contributed by atoms with van der Waals surface area (Å²) >= 11 is 5.47. The molecule has 0 unspecified atom stereocenters. The standard InChI is InChI=1S/C21H23N7S/c1-14-7-4-5-9-18(14)26-21(29)28-19(23-13-17-8-6-10-22-12-17)27-20-24-15(2)11-16(3)25-20/h4-12H,13H2,1-3H3,(H3,23,24,25,26,27,28,29). The fourth-order valence-electron chi connectivity index (χ4n) is 2.63. The van der Waals surface area contributed by atoms with Gasteiger partial charge in [0, 0.05) is 29.5 Å². The van der Waals surface area contributed by atoms with Crippen LogP contribution in [0.1, 0.15) is 22.5 Å². The highest BCUT2D eigenvalue weighted by atomic mass is 32.1. The molecule has 0 spiro atoms. The van der Waals surface area contributed by atoms with Crippen molar-refractivity contribution in [2.24, 2.45) is 4.99 Å². The number of aryl methyl sites for hydroxylation is 3. The van der Waals surface area contributed by atoms with Crippen molar-refractivity contribution in [3.05, 3.63) is 77.4 Å². The fraction of sp³-hybridized carbons (Fsp3) is 0.190. The highest BCUT2D eigenvalue weighted by molar-refractivity contribution is 7.80. The van der Waals surface area contributed by atoms with E-state index in [1.807, 2.05) is 63.2 Å². The Balaban J connectivity index is 1.77. The Labute approximate surface area is 175 Å². The highest BCUT2D eigenvalue weighted by Gasteiger charge is 2.08. The third-order valence-electron chi connectivity index (χ3n) is 3.98. The predicted octanol–water partition coefficient (Wildman–Crippen LogP) is 3.75. The summed E-state index contributed by atoms with van der Waals surface area (Å²) in [7, 11) is 0. The molecule has 7 nitrogen and oxygen atoms in total. The number of rotatable bonds is 4. The van der Waals surface area contributed by atoms with Crippen LogP contribution in [-0.2, 0) is 6.54 Å². The summed E-state index contributed by atoms with van der Waals surface area (Å²) in [6.07, 6.45) is 3.51. The number of benzene rings is 1. The predicted molar refractivity (Wildman–Crippen MR) is 121 cm³/mol. The zero-order valence-corrected chi connectivity index (χ0v) is 17.4. The molecular formula is C21H23N7S. The Bertz CT molecular complexity index is 998. The Morgan fingerprint density at radius 3 is 2.45 bits per heavy atom. The van der Waals surface area contributed by atoms with Gasteiger partial charge in [-0.05, 0) is 62.3 Å². The van der Waals surface area contributed by atoms with Gasteiger partial charge in [0.15, 0.2) is 5.11 Å². The first kappa shape index (κ1) is 20.3.